The summed E-state index contributed by atoms with van der Waals surface area (Å²) >= 11 is 0. The average molecular weight is 331 g/mol. The summed E-state index contributed by atoms with van der Waals surface area (Å²) < 4.78 is 15.8. The van der Waals surface area contributed by atoms with Gasteiger partial charge in [0.2, 0.25) is 5.91 Å². The molecule has 2 N–H and O–H groups in total. The van der Waals surface area contributed by atoms with Gasteiger partial charge in [-0.2, -0.15) is 0 Å². The monoisotopic (exact) mass is 330 g/mol. The number of carbonyl (C=O) groups excluding carboxylic acids is 1. The molecule has 1 aliphatic heterocycles. The number of benzene rings is 1. The normalized spacial score (nSPS) is 17.3. The van der Waals surface area contributed by atoms with E-state index in [-0.39, 0.29) is 24.4 Å². The lowest BCUT2D eigenvalue weighted by molar-refractivity contribution is -0.122. The zero-order valence-electron chi connectivity index (χ0n) is 12.9. The summed E-state index contributed by atoms with van der Waals surface area (Å²) in [6.45, 7) is 2.56. The fraction of sp³-hybridized carbons (Fsp3) is 0.533. The van der Waals surface area contributed by atoms with E-state index in [0.717, 1.165) is 12.1 Å². The number of halogens is 1. The van der Waals surface area contributed by atoms with E-state index in [9.17, 15) is 4.79 Å². The number of nitrogens with one attached hydrogen (secondary N) is 2. The first-order chi connectivity index (χ1) is 10.2. The van der Waals surface area contributed by atoms with Gasteiger partial charge in [-0.25, -0.2) is 0 Å². The molecule has 1 saturated heterocycles. The second-order valence-electron chi connectivity index (χ2n) is 4.90. The number of hydrogen-bond donors (Lipinski definition) is 2. The van der Waals surface area contributed by atoms with E-state index >= 15 is 0 Å². The van der Waals surface area contributed by atoms with E-state index in [4.69, 9.17) is 14.2 Å². The molecule has 0 radical (unpaired) electrons. The van der Waals surface area contributed by atoms with Gasteiger partial charge in [0.05, 0.1) is 27.4 Å². The van der Waals surface area contributed by atoms with Crippen LogP contribution in [0, 0.1) is 0 Å². The summed E-state index contributed by atoms with van der Waals surface area (Å²) in [7, 11) is 3.19. The molecule has 0 spiro atoms. The Morgan fingerprint density at radius 3 is 2.77 bits per heavy atom. The Morgan fingerprint density at radius 2 is 2.14 bits per heavy atom. The number of morpholine rings is 1. The number of methoxy groups -OCH3 is 2. The Bertz CT molecular complexity index is 479. The van der Waals surface area contributed by atoms with Crippen LogP contribution in [0.3, 0.4) is 0 Å². The summed E-state index contributed by atoms with van der Waals surface area (Å²) in [6, 6.07) is 5.70. The first-order valence-electron chi connectivity index (χ1n) is 7.01. The van der Waals surface area contributed by atoms with Crippen LogP contribution in [0.1, 0.15) is 12.0 Å². The lowest BCUT2D eigenvalue weighted by atomic mass is 10.1. The van der Waals surface area contributed by atoms with Crippen molar-refractivity contribution in [3.05, 3.63) is 23.8 Å². The highest BCUT2D eigenvalue weighted by Crippen LogP contribution is 2.27. The van der Waals surface area contributed by atoms with E-state index in [1.54, 1.807) is 14.2 Å². The summed E-state index contributed by atoms with van der Waals surface area (Å²) in [6.07, 6.45) is 0.424. The SMILES string of the molecule is COc1ccc(CNC(=O)CC2COCCN2)cc1OC.Cl. The standard InChI is InChI=1S/C15H22N2O4.ClH/c1-19-13-4-3-11(7-14(13)20-2)9-17-15(18)8-12-10-21-6-5-16-12;/h3-4,7,12,16H,5-6,8-10H2,1-2H3,(H,17,18);1H. The highest BCUT2D eigenvalue weighted by molar-refractivity contribution is 5.85. The van der Waals surface area contributed by atoms with Gasteiger partial charge in [-0.1, -0.05) is 6.07 Å². The van der Waals surface area contributed by atoms with Crippen molar-refractivity contribution in [3.63, 3.8) is 0 Å². The summed E-state index contributed by atoms with van der Waals surface area (Å²) in [5.74, 6) is 1.34. The molecule has 0 bridgehead atoms. The second-order valence-corrected chi connectivity index (χ2v) is 4.90. The molecule has 22 heavy (non-hydrogen) atoms. The van der Waals surface area contributed by atoms with Crippen LogP contribution in [0.15, 0.2) is 18.2 Å². The first kappa shape index (κ1) is 18.5. The average Bonchev–Trinajstić information content (AvgIpc) is 2.53. The molecule has 1 amide bonds. The van der Waals surface area contributed by atoms with Crippen LogP contribution in [0.2, 0.25) is 0 Å². The highest BCUT2D eigenvalue weighted by atomic mass is 35.5. The lowest BCUT2D eigenvalue weighted by Gasteiger charge is -2.23. The van der Waals surface area contributed by atoms with Crippen molar-refractivity contribution in [1.29, 1.82) is 0 Å². The number of amides is 1. The first-order valence-corrected chi connectivity index (χ1v) is 7.01. The molecular weight excluding hydrogens is 308 g/mol. The van der Waals surface area contributed by atoms with Crippen molar-refractivity contribution < 1.29 is 19.0 Å². The van der Waals surface area contributed by atoms with E-state index in [1.807, 2.05) is 18.2 Å². The smallest absolute Gasteiger partial charge is 0.221 e. The Morgan fingerprint density at radius 1 is 1.36 bits per heavy atom. The van der Waals surface area contributed by atoms with Crippen LogP contribution in [0.5, 0.6) is 11.5 Å². The highest BCUT2D eigenvalue weighted by Gasteiger charge is 2.16. The minimum Gasteiger partial charge on any atom is -0.493 e. The predicted octanol–water partition coefficient (Wildman–Crippen LogP) is 1.12. The molecule has 0 aromatic heterocycles. The Balaban J connectivity index is 0.00000242. The molecule has 2 rings (SSSR count). The number of carbonyl (C=O) groups is 1. The van der Waals surface area contributed by atoms with Gasteiger partial charge in [0, 0.05) is 25.6 Å². The Labute approximate surface area is 136 Å². The molecule has 1 aromatic carbocycles. The molecule has 1 fully saturated rings. The molecule has 124 valence electrons. The molecule has 1 aliphatic rings. The molecule has 1 heterocycles. The van der Waals surface area contributed by atoms with E-state index < -0.39 is 0 Å². The van der Waals surface area contributed by atoms with Gasteiger partial charge in [0.25, 0.3) is 0 Å². The third kappa shape index (κ3) is 5.36. The maximum absolute atomic E-state index is 11.9. The molecule has 6 nitrogen and oxygen atoms in total. The van der Waals surface area contributed by atoms with Gasteiger partial charge in [-0.3, -0.25) is 4.79 Å². The van der Waals surface area contributed by atoms with Crippen molar-refractivity contribution in [1.82, 2.24) is 10.6 Å². The minimum absolute atomic E-state index is 0. The van der Waals surface area contributed by atoms with Crippen LogP contribution in [-0.2, 0) is 16.1 Å². The van der Waals surface area contributed by atoms with Crippen molar-refractivity contribution in [2.24, 2.45) is 0 Å². The van der Waals surface area contributed by atoms with Crippen LogP contribution < -0.4 is 20.1 Å². The summed E-state index contributed by atoms with van der Waals surface area (Å²) in [5.41, 5.74) is 0.967. The molecule has 1 aromatic rings. The van der Waals surface area contributed by atoms with E-state index in [1.165, 1.54) is 0 Å². The maximum Gasteiger partial charge on any atom is 0.221 e. The topological polar surface area (TPSA) is 68.8 Å². The van der Waals surface area contributed by atoms with Crippen LogP contribution in [0.25, 0.3) is 0 Å². The maximum atomic E-state index is 11.9. The fourth-order valence-electron chi connectivity index (χ4n) is 2.24. The largest absolute Gasteiger partial charge is 0.493 e. The Hall–Kier alpha value is -1.50. The minimum atomic E-state index is 0. The van der Waals surface area contributed by atoms with E-state index in [2.05, 4.69) is 10.6 Å². The van der Waals surface area contributed by atoms with Gasteiger partial charge in [-0.05, 0) is 17.7 Å². The van der Waals surface area contributed by atoms with Gasteiger partial charge >= 0.3 is 0 Å². The van der Waals surface area contributed by atoms with Crippen molar-refractivity contribution in [3.8, 4) is 11.5 Å². The Kier molecular flexibility index (Phi) is 8.01. The molecule has 0 aliphatic carbocycles. The van der Waals surface area contributed by atoms with Crippen LogP contribution >= 0.6 is 12.4 Å². The fourth-order valence-corrected chi connectivity index (χ4v) is 2.24. The second kappa shape index (κ2) is 9.50. The predicted molar refractivity (Wildman–Crippen MR) is 85.9 cm³/mol. The molecule has 1 atom stereocenters. The lowest BCUT2D eigenvalue weighted by Crippen LogP contribution is -2.44. The van der Waals surface area contributed by atoms with Gasteiger partial charge in [0.15, 0.2) is 11.5 Å². The van der Waals surface area contributed by atoms with Crippen molar-refractivity contribution in [2.45, 2.75) is 19.0 Å². The zero-order valence-corrected chi connectivity index (χ0v) is 13.7. The quantitative estimate of drug-likeness (QED) is 0.818. The summed E-state index contributed by atoms with van der Waals surface area (Å²) in [5, 5.41) is 6.16. The van der Waals surface area contributed by atoms with Crippen LogP contribution in [-0.4, -0.2) is 45.9 Å². The zero-order chi connectivity index (χ0) is 15.1. The molecular formula is C15H23ClN2O4. The molecule has 1 unspecified atom stereocenters. The summed E-state index contributed by atoms with van der Waals surface area (Å²) in [4.78, 5) is 11.9. The number of hydrogen-bond acceptors (Lipinski definition) is 5. The van der Waals surface area contributed by atoms with Crippen molar-refractivity contribution in [2.75, 3.05) is 34.0 Å². The van der Waals surface area contributed by atoms with Gasteiger partial charge < -0.3 is 24.8 Å². The molecule has 0 saturated carbocycles. The van der Waals surface area contributed by atoms with Crippen molar-refractivity contribution >= 4 is 18.3 Å². The number of rotatable bonds is 6. The number of ether oxygens (including phenoxy) is 3. The third-order valence-corrected chi connectivity index (χ3v) is 3.37. The third-order valence-electron chi connectivity index (χ3n) is 3.37. The van der Waals surface area contributed by atoms with Crippen LogP contribution in [0.4, 0.5) is 0 Å². The molecule has 7 heteroatoms. The van der Waals surface area contributed by atoms with Gasteiger partial charge in [-0.15, -0.1) is 12.4 Å². The van der Waals surface area contributed by atoms with Gasteiger partial charge in [0.1, 0.15) is 0 Å². The van der Waals surface area contributed by atoms with E-state index in [0.29, 0.717) is 37.7 Å².